The monoisotopic (exact) mass is 220 g/mol. The topological polar surface area (TPSA) is 38.5 Å². The van der Waals surface area contributed by atoms with E-state index in [1.807, 2.05) is 6.07 Å². The maximum absolute atomic E-state index is 6.09. The summed E-state index contributed by atoms with van der Waals surface area (Å²) in [4.78, 5) is 2.37. The van der Waals surface area contributed by atoms with Crippen LogP contribution in [0, 0.1) is 6.92 Å². The number of nitrogens with two attached hydrogens (primary N) is 1. The lowest BCUT2D eigenvalue weighted by atomic mass is 10.1. The van der Waals surface area contributed by atoms with Crippen LogP contribution in [0.15, 0.2) is 18.2 Å². The smallest absolute Gasteiger partial charge is 0.0670 e. The Morgan fingerprint density at radius 1 is 1.50 bits per heavy atom. The van der Waals surface area contributed by atoms with Crippen LogP contribution in [0.5, 0.6) is 0 Å². The van der Waals surface area contributed by atoms with Crippen LogP contribution in [0.3, 0.4) is 0 Å². The highest BCUT2D eigenvalue weighted by Gasteiger charge is 2.22. The Morgan fingerprint density at radius 2 is 2.31 bits per heavy atom. The Hall–Kier alpha value is -1.22. The van der Waals surface area contributed by atoms with Crippen molar-refractivity contribution in [1.82, 2.24) is 0 Å². The number of anilines is 2. The summed E-state index contributed by atoms with van der Waals surface area (Å²) in [5.41, 5.74) is 9.33. The van der Waals surface area contributed by atoms with E-state index in [-0.39, 0.29) is 0 Å². The van der Waals surface area contributed by atoms with Crippen LogP contribution in [-0.4, -0.2) is 25.8 Å². The van der Waals surface area contributed by atoms with E-state index < -0.39 is 0 Å². The normalized spacial score (nSPS) is 21.1. The number of nitrogens with zero attached hydrogens (tertiary/aromatic N) is 1. The minimum Gasteiger partial charge on any atom is -0.397 e. The van der Waals surface area contributed by atoms with Gasteiger partial charge in [0.15, 0.2) is 0 Å². The number of aryl methyl sites for hydroxylation is 1. The third-order valence-electron chi connectivity index (χ3n) is 3.19. The molecular weight excluding hydrogens is 200 g/mol. The van der Waals surface area contributed by atoms with Crippen molar-refractivity contribution < 1.29 is 4.74 Å². The van der Waals surface area contributed by atoms with Crippen molar-refractivity contribution in [3.05, 3.63) is 23.8 Å². The molecule has 1 saturated heterocycles. The molecule has 0 aliphatic carbocycles. The quantitative estimate of drug-likeness (QED) is 0.776. The average Bonchev–Trinajstić information content (AvgIpc) is 2.29. The van der Waals surface area contributed by atoms with Crippen LogP contribution < -0.4 is 10.6 Å². The van der Waals surface area contributed by atoms with E-state index in [0.29, 0.717) is 6.04 Å². The van der Waals surface area contributed by atoms with Gasteiger partial charge in [0.1, 0.15) is 0 Å². The summed E-state index contributed by atoms with van der Waals surface area (Å²) in [5, 5.41) is 0. The van der Waals surface area contributed by atoms with Gasteiger partial charge in [-0.1, -0.05) is 13.0 Å². The fraction of sp³-hybridized carbons (Fsp3) is 0.538. The molecule has 0 aromatic heterocycles. The lowest BCUT2D eigenvalue weighted by molar-refractivity contribution is 0.0931. The van der Waals surface area contributed by atoms with Crippen molar-refractivity contribution in [2.24, 2.45) is 0 Å². The highest BCUT2D eigenvalue weighted by molar-refractivity contribution is 5.69. The third kappa shape index (κ3) is 2.14. The summed E-state index contributed by atoms with van der Waals surface area (Å²) in [7, 11) is 0. The molecule has 3 heteroatoms. The predicted molar refractivity (Wildman–Crippen MR) is 67.8 cm³/mol. The standard InChI is InChI=1S/C13H20N2O/c1-3-11-9-16-7-6-15(11)13-5-4-10(2)8-12(13)14/h4-5,8,11H,3,6-7,9,14H2,1-2H3. The van der Waals surface area contributed by atoms with Gasteiger partial charge < -0.3 is 15.4 Å². The molecule has 1 aliphatic heterocycles. The van der Waals surface area contributed by atoms with Crippen LogP contribution in [0.25, 0.3) is 0 Å². The predicted octanol–water partition coefficient (Wildman–Crippen LogP) is 2.19. The van der Waals surface area contributed by atoms with Gasteiger partial charge in [0.2, 0.25) is 0 Å². The van der Waals surface area contributed by atoms with Gasteiger partial charge in [-0.3, -0.25) is 0 Å². The van der Waals surface area contributed by atoms with Crippen molar-refractivity contribution in [3.8, 4) is 0 Å². The minimum absolute atomic E-state index is 0.457. The van der Waals surface area contributed by atoms with Crippen LogP contribution in [0.4, 0.5) is 11.4 Å². The van der Waals surface area contributed by atoms with Crippen LogP contribution >= 0.6 is 0 Å². The zero-order chi connectivity index (χ0) is 11.5. The SMILES string of the molecule is CCC1COCCN1c1ccc(C)cc1N. The molecule has 1 aromatic rings. The van der Waals surface area contributed by atoms with Gasteiger partial charge in [0, 0.05) is 6.54 Å². The van der Waals surface area contributed by atoms with E-state index in [4.69, 9.17) is 10.5 Å². The second-order valence-corrected chi connectivity index (χ2v) is 4.39. The summed E-state index contributed by atoms with van der Waals surface area (Å²) >= 11 is 0. The molecule has 1 unspecified atom stereocenters. The number of nitrogen functional groups attached to an aromatic ring is 1. The molecule has 2 rings (SSSR count). The highest BCUT2D eigenvalue weighted by Crippen LogP contribution is 2.28. The zero-order valence-electron chi connectivity index (χ0n) is 10.1. The van der Waals surface area contributed by atoms with E-state index >= 15 is 0 Å². The molecule has 0 spiro atoms. The maximum atomic E-state index is 6.09. The summed E-state index contributed by atoms with van der Waals surface area (Å²) in [6, 6.07) is 6.74. The molecule has 1 aliphatic rings. The first kappa shape index (κ1) is 11.3. The first-order valence-electron chi connectivity index (χ1n) is 5.93. The highest BCUT2D eigenvalue weighted by atomic mass is 16.5. The fourth-order valence-electron chi connectivity index (χ4n) is 2.25. The fourth-order valence-corrected chi connectivity index (χ4v) is 2.25. The molecule has 2 N–H and O–H groups in total. The summed E-state index contributed by atoms with van der Waals surface area (Å²) in [5.74, 6) is 0. The third-order valence-corrected chi connectivity index (χ3v) is 3.19. The van der Waals surface area contributed by atoms with Crippen LogP contribution in [0.2, 0.25) is 0 Å². The van der Waals surface area contributed by atoms with Crippen molar-refractivity contribution in [1.29, 1.82) is 0 Å². The second-order valence-electron chi connectivity index (χ2n) is 4.39. The molecule has 1 atom stereocenters. The summed E-state index contributed by atoms with van der Waals surface area (Å²) < 4.78 is 5.51. The second kappa shape index (κ2) is 4.74. The molecule has 1 heterocycles. The van der Waals surface area contributed by atoms with Gasteiger partial charge in [-0.05, 0) is 31.0 Å². The van der Waals surface area contributed by atoms with Crippen LogP contribution in [0.1, 0.15) is 18.9 Å². The van der Waals surface area contributed by atoms with E-state index in [1.165, 1.54) is 5.56 Å². The van der Waals surface area contributed by atoms with E-state index in [2.05, 4.69) is 30.9 Å². The van der Waals surface area contributed by atoms with Crippen molar-refractivity contribution in [3.63, 3.8) is 0 Å². The van der Waals surface area contributed by atoms with Gasteiger partial charge in [-0.25, -0.2) is 0 Å². The largest absolute Gasteiger partial charge is 0.397 e. The van der Waals surface area contributed by atoms with E-state index in [1.54, 1.807) is 0 Å². The van der Waals surface area contributed by atoms with Gasteiger partial charge in [0.05, 0.1) is 30.6 Å². The molecule has 88 valence electrons. The van der Waals surface area contributed by atoms with Crippen molar-refractivity contribution in [2.75, 3.05) is 30.4 Å². The zero-order valence-corrected chi connectivity index (χ0v) is 10.1. The molecule has 3 nitrogen and oxygen atoms in total. The summed E-state index contributed by atoms with van der Waals surface area (Å²) in [6.07, 6.45) is 1.09. The molecule has 0 bridgehead atoms. The lowest BCUT2D eigenvalue weighted by Crippen LogP contribution is -2.45. The van der Waals surface area contributed by atoms with Gasteiger partial charge in [-0.15, -0.1) is 0 Å². The number of morpholine rings is 1. The van der Waals surface area contributed by atoms with Crippen molar-refractivity contribution in [2.45, 2.75) is 26.3 Å². The van der Waals surface area contributed by atoms with Gasteiger partial charge >= 0.3 is 0 Å². The first-order chi connectivity index (χ1) is 7.72. The first-order valence-corrected chi connectivity index (χ1v) is 5.93. The maximum Gasteiger partial charge on any atom is 0.0670 e. The molecule has 0 radical (unpaired) electrons. The number of rotatable bonds is 2. The number of ether oxygens (including phenoxy) is 1. The van der Waals surface area contributed by atoms with Gasteiger partial charge in [-0.2, -0.15) is 0 Å². The molecular formula is C13H20N2O. The Kier molecular flexibility index (Phi) is 3.34. The lowest BCUT2D eigenvalue weighted by Gasteiger charge is -2.37. The minimum atomic E-state index is 0.457. The number of benzene rings is 1. The van der Waals surface area contributed by atoms with Gasteiger partial charge in [0.25, 0.3) is 0 Å². The van der Waals surface area contributed by atoms with E-state index in [9.17, 15) is 0 Å². The Bertz CT molecular complexity index is 365. The molecule has 1 aromatic carbocycles. The Morgan fingerprint density at radius 3 is 3.00 bits per heavy atom. The summed E-state index contributed by atoms with van der Waals surface area (Å²) in [6.45, 7) is 6.80. The molecule has 0 saturated carbocycles. The molecule has 1 fully saturated rings. The van der Waals surface area contributed by atoms with Crippen LogP contribution in [-0.2, 0) is 4.74 Å². The molecule has 0 amide bonds. The Balaban J connectivity index is 2.27. The average molecular weight is 220 g/mol. The number of hydrogen-bond donors (Lipinski definition) is 1. The number of hydrogen-bond acceptors (Lipinski definition) is 3. The van der Waals surface area contributed by atoms with Crippen molar-refractivity contribution >= 4 is 11.4 Å². The molecule has 16 heavy (non-hydrogen) atoms. The Labute approximate surface area is 97.2 Å². The van der Waals surface area contributed by atoms with E-state index in [0.717, 1.165) is 37.6 Å².